The van der Waals surface area contributed by atoms with Gasteiger partial charge in [0.05, 0.1) is 36.3 Å². The normalized spacial score (nSPS) is 14.1. The summed E-state index contributed by atoms with van der Waals surface area (Å²) in [6, 6.07) is 6.91. The fourth-order valence-corrected chi connectivity index (χ4v) is 18.6. The summed E-state index contributed by atoms with van der Waals surface area (Å²) in [5.74, 6) is -17.0. The number of hydrogen-bond acceptors (Lipinski definition) is 3. The van der Waals surface area contributed by atoms with E-state index in [4.69, 9.17) is 14.0 Å². The first-order chi connectivity index (χ1) is 56.5. The van der Waals surface area contributed by atoms with E-state index in [-0.39, 0.29) is 77.5 Å². The Morgan fingerprint density at radius 2 is 0.552 bits per heavy atom. The second-order valence-corrected chi connectivity index (χ2v) is 34.4. The van der Waals surface area contributed by atoms with Gasteiger partial charge in [0.15, 0.2) is 17.5 Å². The highest BCUT2D eigenvalue weighted by atomic mass is 19.2. The molecule has 0 spiro atoms. The molecule has 116 heavy (non-hydrogen) atoms. The highest BCUT2D eigenvalue weighted by molar-refractivity contribution is 6.39. The lowest BCUT2D eigenvalue weighted by Crippen LogP contribution is -2.53. The van der Waals surface area contributed by atoms with Gasteiger partial charge in [-0.1, -0.05) is 252 Å². The number of quaternary nitrogens is 1. The smallest absolute Gasteiger partial charge is 0.487 e. The van der Waals surface area contributed by atoms with E-state index < -0.39 is 134 Å². The van der Waals surface area contributed by atoms with E-state index in [1.807, 2.05) is 0 Å². The number of benzene rings is 6. The summed E-state index contributed by atoms with van der Waals surface area (Å²) in [6.45, 7) is 10.8. The van der Waals surface area contributed by atoms with Gasteiger partial charge in [-0.25, -0.2) is 52.7 Å². The van der Waals surface area contributed by atoms with E-state index >= 15 is 52.7 Å². The third-order valence-electron chi connectivity index (χ3n) is 25.5. The molecule has 0 amide bonds. The van der Waals surface area contributed by atoms with Crippen LogP contribution < -0.4 is 14.0 Å². The van der Waals surface area contributed by atoms with Crippen molar-refractivity contribution in [3.05, 3.63) is 157 Å². The quantitative estimate of drug-likeness (QED) is 0.0165. The summed E-state index contributed by atoms with van der Waals surface area (Å²) < 4.78 is 229. The van der Waals surface area contributed by atoms with Gasteiger partial charge in [0.1, 0.15) is 75.6 Å². The fraction of sp³-hybridized carbons (Fsp3) is 0.636. The van der Waals surface area contributed by atoms with Crippen molar-refractivity contribution in [2.75, 3.05) is 19.6 Å². The van der Waals surface area contributed by atoms with Gasteiger partial charge in [0.2, 0.25) is 0 Å². The van der Waals surface area contributed by atoms with Crippen molar-refractivity contribution in [3.8, 4) is 50.6 Å². The van der Waals surface area contributed by atoms with Crippen LogP contribution in [0.3, 0.4) is 0 Å². The summed E-state index contributed by atoms with van der Waals surface area (Å²) in [5, 5.41) is 0. The largest absolute Gasteiger partial charge is 0.864 e. The highest BCUT2D eigenvalue weighted by Gasteiger charge is 2.44. The molecule has 6 bridgehead atoms. The summed E-state index contributed by atoms with van der Waals surface area (Å²) in [7, 11) is -2.67. The predicted octanol–water partition coefficient (Wildman–Crippen LogP) is 32.2. The first-order valence-corrected chi connectivity index (χ1v) is 46.3. The fourth-order valence-electron chi connectivity index (χ4n) is 18.6. The Morgan fingerprint density at radius 3 is 0.879 bits per heavy atom. The Labute approximate surface area is 689 Å². The lowest BCUT2D eigenvalue weighted by molar-refractivity contribution is -0.958. The van der Waals surface area contributed by atoms with Crippen LogP contribution in [0.25, 0.3) is 33.4 Å². The second-order valence-electron chi connectivity index (χ2n) is 34.4. The minimum atomic E-state index is -2.67. The molecule has 6 aromatic rings. The Bertz CT molecular complexity index is 3780. The van der Waals surface area contributed by atoms with Gasteiger partial charge < -0.3 is 18.4 Å². The molecule has 3 aliphatic carbocycles. The van der Waals surface area contributed by atoms with E-state index in [0.717, 1.165) is 203 Å². The first-order valence-electron chi connectivity index (χ1n) is 46.3. The molecule has 4 nitrogen and oxygen atoms in total. The molecule has 1 unspecified atom stereocenters. The summed E-state index contributed by atoms with van der Waals surface area (Å²) >= 11 is 0. The molecule has 9 rings (SSSR count). The van der Waals surface area contributed by atoms with Crippen molar-refractivity contribution in [1.82, 2.24) is 0 Å². The monoisotopic (exact) mass is 1630 g/mol. The summed E-state index contributed by atoms with van der Waals surface area (Å²) in [5.41, 5.74) is -5.56. The van der Waals surface area contributed by atoms with Crippen molar-refractivity contribution < 1.29 is 71.1 Å². The van der Waals surface area contributed by atoms with E-state index in [1.165, 1.54) is 89.2 Å². The SMILES string of the molecule is CCCCCCCCCCCC[N+](CCCCCCCCCCCC)(CCCCCCCCCCCC)C(CCCCCCCCCCC)c1cc(OB(Oc2ccc(F)c(-c3cc4c(F)c(c3F)CCCCC4)c2F)Oc2ccc(F)c(-c3cc4c(F)c(c3F)CCCCC4)c2F)c(F)c(-c2cc3c(F)c(c2F)CCCCC3)c1F. The van der Waals surface area contributed by atoms with Gasteiger partial charge >= 0.3 is 7.32 Å². The molecular formula is C99H137BF12NO3+. The molecule has 0 N–H and O–H groups in total. The molecule has 3 aliphatic rings. The molecule has 6 aromatic carbocycles. The van der Waals surface area contributed by atoms with Gasteiger partial charge in [0, 0.05) is 45.4 Å². The summed E-state index contributed by atoms with van der Waals surface area (Å²) in [6.07, 6.45) is 46.9. The van der Waals surface area contributed by atoms with Crippen molar-refractivity contribution >= 4 is 7.32 Å². The lowest BCUT2D eigenvalue weighted by Gasteiger charge is -2.46. The number of nitrogens with zero attached hydrogens (tertiary/aromatic N) is 1. The molecule has 0 aromatic heterocycles. The number of hydrogen-bond donors (Lipinski definition) is 0. The maximum absolute atomic E-state index is 19.8. The van der Waals surface area contributed by atoms with Gasteiger partial charge in [-0.15, -0.1) is 0 Å². The van der Waals surface area contributed by atoms with E-state index in [1.54, 1.807) is 0 Å². The number of halogens is 12. The molecule has 17 heteroatoms. The molecule has 642 valence electrons. The number of unbranched alkanes of at least 4 members (excludes halogenated alkanes) is 35. The van der Waals surface area contributed by atoms with E-state index in [0.29, 0.717) is 94.7 Å². The number of rotatable bonds is 54. The minimum absolute atomic E-state index is 0.0246. The van der Waals surface area contributed by atoms with Gasteiger partial charge in [-0.05, 0) is 187 Å². The molecule has 0 saturated carbocycles. The van der Waals surface area contributed by atoms with Crippen LogP contribution in [0.2, 0.25) is 0 Å². The lowest BCUT2D eigenvalue weighted by atomic mass is 9.87. The molecule has 1 atom stereocenters. The van der Waals surface area contributed by atoms with Crippen LogP contribution in [0.4, 0.5) is 52.7 Å². The van der Waals surface area contributed by atoms with Crippen molar-refractivity contribution in [3.63, 3.8) is 0 Å². The Hall–Kier alpha value is -6.10. The van der Waals surface area contributed by atoms with Gasteiger partial charge in [-0.2, -0.15) is 0 Å². The van der Waals surface area contributed by atoms with Crippen LogP contribution in [0.5, 0.6) is 17.2 Å². The zero-order valence-electron chi connectivity index (χ0n) is 71.0. The molecule has 0 radical (unpaired) electrons. The van der Waals surface area contributed by atoms with Crippen LogP contribution in [0.1, 0.15) is 387 Å². The summed E-state index contributed by atoms with van der Waals surface area (Å²) in [4.78, 5) is 0. The zero-order chi connectivity index (χ0) is 82.6. The van der Waals surface area contributed by atoms with Crippen LogP contribution in [-0.4, -0.2) is 31.4 Å². The van der Waals surface area contributed by atoms with Crippen LogP contribution in [0.15, 0.2) is 48.5 Å². The van der Waals surface area contributed by atoms with Gasteiger partial charge in [0.25, 0.3) is 0 Å². The molecule has 0 aliphatic heterocycles. The highest BCUT2D eigenvalue weighted by Crippen LogP contribution is 2.48. The maximum Gasteiger partial charge on any atom is 0.864 e. The van der Waals surface area contributed by atoms with Crippen molar-refractivity contribution in [2.24, 2.45) is 0 Å². The molecular weight excluding hydrogens is 1490 g/mol. The Kier molecular flexibility index (Phi) is 40.6. The topological polar surface area (TPSA) is 27.7 Å². The Morgan fingerprint density at radius 1 is 0.276 bits per heavy atom. The Balaban J connectivity index is 1.26. The standard InChI is InChI=1S/C99H137BF12NO3/c1-5-9-13-17-21-25-29-33-37-50-64-113(65-51-38-34-30-26-22-18-14-10-6-2,66-52-39-35-31-27-23-19-15-11-7-3)83(59-49-36-32-28-24-20-16-12-8-4)77-70-86(99(112)89(96(77)109)80-69-73-55-45-42-48-58-76(92(73)105)95(80)108)116-100(114-84-62-60-81(101)87(97(84)110)78-67-71-53-43-40-46-56-74(90(71)103)93(78)106)115-85-63-61-82(102)88(98(85)111)79-68-72-54-44-41-47-57-75(91(72)104)94(79)107/h60-63,67-70,83H,5-59,64-66H2,1-4H3/q+1. The van der Waals surface area contributed by atoms with Crippen molar-refractivity contribution in [1.29, 1.82) is 0 Å². The average molecular weight is 1630 g/mol. The van der Waals surface area contributed by atoms with Crippen LogP contribution in [-0.2, 0) is 38.5 Å². The third kappa shape index (κ3) is 26.5. The second kappa shape index (κ2) is 50.2. The van der Waals surface area contributed by atoms with Crippen LogP contribution >= 0.6 is 0 Å². The average Bonchev–Trinajstić information content (AvgIpc) is 0.739. The van der Waals surface area contributed by atoms with Crippen LogP contribution in [0, 0.1) is 69.8 Å². The third-order valence-corrected chi connectivity index (χ3v) is 25.5. The van der Waals surface area contributed by atoms with E-state index in [9.17, 15) is 0 Å². The minimum Gasteiger partial charge on any atom is -0.487 e. The molecule has 0 saturated heterocycles. The number of aryl methyl sites for hydroxylation is 3. The first kappa shape index (κ1) is 93.8. The number of fused-ring (bicyclic) bond motifs is 6. The van der Waals surface area contributed by atoms with Crippen molar-refractivity contribution in [2.45, 2.75) is 387 Å². The van der Waals surface area contributed by atoms with E-state index in [2.05, 4.69) is 27.7 Å². The molecule has 0 heterocycles. The zero-order valence-corrected chi connectivity index (χ0v) is 71.0. The maximum atomic E-state index is 19.8. The molecule has 0 fully saturated rings. The van der Waals surface area contributed by atoms with Gasteiger partial charge in [-0.3, -0.25) is 0 Å². The predicted molar refractivity (Wildman–Crippen MR) is 452 cm³/mol.